The molecule has 0 bridgehead atoms. The fraction of sp³-hybridized carbons (Fsp3) is 0.303. The predicted octanol–water partition coefficient (Wildman–Crippen LogP) is 5.10. The van der Waals surface area contributed by atoms with Crippen LogP contribution in [0, 0.1) is 0 Å². The molecule has 43 heavy (non-hydrogen) atoms. The minimum atomic E-state index is -0.0892. The van der Waals surface area contributed by atoms with Gasteiger partial charge in [0.05, 0.1) is 44.6 Å². The molecular formula is C33H34N4O6. The fourth-order valence-corrected chi connectivity index (χ4v) is 5.41. The molecule has 0 atom stereocenters. The van der Waals surface area contributed by atoms with E-state index in [9.17, 15) is 4.79 Å². The van der Waals surface area contributed by atoms with E-state index in [1.54, 1.807) is 39.5 Å². The quantitative estimate of drug-likeness (QED) is 0.197. The maximum absolute atomic E-state index is 13.1. The van der Waals surface area contributed by atoms with Gasteiger partial charge in [0.2, 0.25) is 0 Å². The number of nitrogens with zero attached hydrogens (tertiary/aromatic N) is 4. The molecule has 10 heteroatoms. The lowest BCUT2D eigenvalue weighted by Crippen LogP contribution is -2.30. The highest BCUT2D eigenvalue weighted by Gasteiger charge is 2.20. The van der Waals surface area contributed by atoms with E-state index in [4.69, 9.17) is 23.4 Å². The van der Waals surface area contributed by atoms with Crippen LogP contribution in [0.2, 0.25) is 0 Å². The number of methoxy groups -OCH3 is 3. The van der Waals surface area contributed by atoms with Crippen LogP contribution in [0.4, 0.5) is 0 Å². The molecule has 1 aliphatic heterocycles. The minimum absolute atomic E-state index is 0.0892. The molecule has 0 aliphatic carbocycles. The molecule has 0 spiro atoms. The first-order valence-corrected chi connectivity index (χ1v) is 14.2. The Hall–Kier alpha value is -4.83. The molecule has 10 nitrogen and oxygen atoms in total. The fourth-order valence-electron chi connectivity index (χ4n) is 5.41. The first-order valence-electron chi connectivity index (χ1n) is 14.2. The van der Waals surface area contributed by atoms with Gasteiger partial charge < -0.3 is 23.4 Å². The Morgan fingerprint density at radius 2 is 1.67 bits per heavy atom. The smallest absolute Gasteiger partial charge is 0.200 e. The largest absolute Gasteiger partial charge is 0.497 e. The monoisotopic (exact) mass is 582 g/mol. The van der Waals surface area contributed by atoms with Crippen LogP contribution in [0.15, 0.2) is 76.3 Å². The van der Waals surface area contributed by atoms with Crippen LogP contribution in [0.3, 0.4) is 0 Å². The highest BCUT2D eigenvalue weighted by Crippen LogP contribution is 2.33. The Morgan fingerprint density at radius 3 is 2.44 bits per heavy atom. The molecule has 0 N–H and O–H groups in total. The molecule has 2 aromatic heterocycles. The van der Waals surface area contributed by atoms with Gasteiger partial charge in [-0.1, -0.05) is 17.3 Å². The third kappa shape index (κ3) is 6.19. The van der Waals surface area contributed by atoms with E-state index in [1.165, 1.54) is 17.4 Å². The molecule has 0 fully saturated rings. The summed E-state index contributed by atoms with van der Waals surface area (Å²) < 4.78 is 29.7. The minimum Gasteiger partial charge on any atom is -0.497 e. The van der Waals surface area contributed by atoms with E-state index < -0.39 is 0 Å². The average Bonchev–Trinajstić information content (AvgIpc) is 3.49. The number of fused-ring (bicyclic) bond motifs is 2. The Morgan fingerprint density at radius 1 is 0.907 bits per heavy atom. The van der Waals surface area contributed by atoms with Gasteiger partial charge in [0.15, 0.2) is 16.9 Å². The molecule has 3 heterocycles. The summed E-state index contributed by atoms with van der Waals surface area (Å²) in [4.78, 5) is 15.4. The molecule has 0 radical (unpaired) electrons. The SMILES string of the molecule is COc1ccc(-c2coc3cc(OCCCn4cc(CN5CCc6cc(OC)c(OC)cc6C5)nn4)ccc3c2=O)cc1. The van der Waals surface area contributed by atoms with Crippen LogP contribution in [0.25, 0.3) is 22.1 Å². The summed E-state index contributed by atoms with van der Waals surface area (Å²) in [5, 5.41) is 9.19. The Bertz CT molecular complexity index is 1780. The van der Waals surface area contributed by atoms with Crippen LogP contribution in [-0.4, -0.2) is 54.4 Å². The average molecular weight is 583 g/mol. The van der Waals surface area contributed by atoms with Crippen LogP contribution in [-0.2, 0) is 26.1 Å². The normalized spacial score (nSPS) is 13.1. The van der Waals surface area contributed by atoms with Gasteiger partial charge in [-0.15, -0.1) is 5.10 Å². The first kappa shape index (κ1) is 28.3. The summed E-state index contributed by atoms with van der Waals surface area (Å²) in [6, 6.07) is 16.8. The lowest BCUT2D eigenvalue weighted by Gasteiger charge is -2.28. The van der Waals surface area contributed by atoms with Crippen molar-refractivity contribution >= 4 is 11.0 Å². The Kier molecular flexibility index (Phi) is 8.28. The van der Waals surface area contributed by atoms with Crippen molar-refractivity contribution in [3.05, 3.63) is 94.1 Å². The number of aromatic nitrogens is 3. The number of ether oxygens (including phenoxy) is 4. The van der Waals surface area contributed by atoms with Gasteiger partial charge in [-0.3, -0.25) is 14.4 Å². The van der Waals surface area contributed by atoms with Gasteiger partial charge in [0.1, 0.15) is 23.3 Å². The highest BCUT2D eigenvalue weighted by atomic mass is 16.5. The molecule has 0 saturated heterocycles. The zero-order chi connectivity index (χ0) is 29.8. The van der Waals surface area contributed by atoms with Crippen molar-refractivity contribution in [3.8, 4) is 34.1 Å². The summed E-state index contributed by atoms with van der Waals surface area (Å²) in [6.07, 6.45) is 5.19. The number of hydrogen-bond donors (Lipinski definition) is 0. The van der Waals surface area contributed by atoms with Gasteiger partial charge in [0, 0.05) is 44.9 Å². The Balaban J connectivity index is 1.01. The van der Waals surface area contributed by atoms with E-state index in [0.717, 1.165) is 61.0 Å². The van der Waals surface area contributed by atoms with E-state index in [0.29, 0.717) is 35.4 Å². The number of rotatable bonds is 11. The molecule has 1 aliphatic rings. The van der Waals surface area contributed by atoms with Gasteiger partial charge in [-0.25, -0.2) is 0 Å². The van der Waals surface area contributed by atoms with E-state index in [-0.39, 0.29) is 5.43 Å². The molecule has 6 rings (SSSR count). The van der Waals surface area contributed by atoms with Gasteiger partial charge in [0.25, 0.3) is 0 Å². The number of hydrogen-bond acceptors (Lipinski definition) is 9. The standard InChI is InChI=1S/C33H34N4O6/c1-39-26-7-5-22(6-8-26)29-21-43-30-17-27(9-10-28(30)33(29)38)42-14-4-12-37-20-25(34-35-37)19-36-13-11-23-15-31(40-2)32(41-3)16-24(23)18-36/h5-10,15-17,20-21H,4,11-14,18-19H2,1-3H3. The summed E-state index contributed by atoms with van der Waals surface area (Å²) in [6.45, 7) is 3.67. The summed E-state index contributed by atoms with van der Waals surface area (Å²) >= 11 is 0. The van der Waals surface area contributed by atoms with Crippen molar-refractivity contribution in [1.82, 2.24) is 19.9 Å². The van der Waals surface area contributed by atoms with Crippen molar-refractivity contribution < 1.29 is 23.4 Å². The van der Waals surface area contributed by atoms with Gasteiger partial charge in [-0.2, -0.15) is 0 Å². The molecule has 222 valence electrons. The molecule has 3 aromatic carbocycles. The number of benzene rings is 3. The van der Waals surface area contributed by atoms with Crippen molar-refractivity contribution in [2.45, 2.75) is 32.5 Å². The van der Waals surface area contributed by atoms with Crippen LogP contribution in [0.1, 0.15) is 23.2 Å². The van der Waals surface area contributed by atoms with Crippen LogP contribution in [0.5, 0.6) is 23.0 Å². The van der Waals surface area contributed by atoms with E-state index in [2.05, 4.69) is 27.3 Å². The zero-order valence-electron chi connectivity index (χ0n) is 24.5. The van der Waals surface area contributed by atoms with Gasteiger partial charge in [-0.05, 0) is 59.5 Å². The predicted molar refractivity (Wildman–Crippen MR) is 162 cm³/mol. The number of aryl methyl sites for hydroxylation is 1. The molecule has 0 saturated carbocycles. The zero-order valence-corrected chi connectivity index (χ0v) is 24.5. The summed E-state index contributed by atoms with van der Waals surface area (Å²) in [7, 11) is 4.93. The topological polar surface area (TPSA) is 101 Å². The van der Waals surface area contributed by atoms with Crippen molar-refractivity contribution in [1.29, 1.82) is 0 Å². The second-order valence-corrected chi connectivity index (χ2v) is 10.5. The first-order chi connectivity index (χ1) is 21.0. The lowest BCUT2D eigenvalue weighted by atomic mass is 9.98. The third-order valence-electron chi connectivity index (χ3n) is 7.72. The van der Waals surface area contributed by atoms with Crippen LogP contribution >= 0.6 is 0 Å². The van der Waals surface area contributed by atoms with Crippen LogP contribution < -0.4 is 24.4 Å². The van der Waals surface area contributed by atoms with Gasteiger partial charge >= 0.3 is 0 Å². The molecule has 5 aromatic rings. The highest BCUT2D eigenvalue weighted by molar-refractivity contribution is 5.82. The molecule has 0 amide bonds. The maximum Gasteiger partial charge on any atom is 0.200 e. The van der Waals surface area contributed by atoms with E-state index >= 15 is 0 Å². The van der Waals surface area contributed by atoms with E-state index in [1.807, 2.05) is 35.1 Å². The third-order valence-corrected chi connectivity index (χ3v) is 7.72. The molecule has 0 unspecified atom stereocenters. The van der Waals surface area contributed by atoms with Crippen molar-refractivity contribution in [2.24, 2.45) is 0 Å². The second kappa shape index (κ2) is 12.6. The summed E-state index contributed by atoms with van der Waals surface area (Å²) in [5.41, 5.74) is 5.15. The van der Waals surface area contributed by atoms with Crippen molar-refractivity contribution in [3.63, 3.8) is 0 Å². The maximum atomic E-state index is 13.1. The molecular weight excluding hydrogens is 548 g/mol. The second-order valence-electron chi connectivity index (χ2n) is 10.5. The summed E-state index contributed by atoms with van der Waals surface area (Å²) in [5.74, 6) is 2.90. The Labute approximate surface area is 249 Å². The van der Waals surface area contributed by atoms with Crippen molar-refractivity contribution in [2.75, 3.05) is 34.5 Å². The lowest BCUT2D eigenvalue weighted by molar-refractivity contribution is 0.241.